The number of nitrogens with two attached hydrogens (primary N) is 1. The minimum atomic E-state index is -1.95. The third kappa shape index (κ3) is 2.76. The number of aliphatic hydroxyl groups excluding tert-OH is 1. The molecule has 0 aliphatic carbocycles. The van der Waals surface area contributed by atoms with Gasteiger partial charge in [-0.2, -0.15) is 4.98 Å². The van der Waals surface area contributed by atoms with Gasteiger partial charge in [-0.15, -0.1) is 0 Å². The van der Waals surface area contributed by atoms with Crippen molar-refractivity contribution in [3.8, 4) is 11.3 Å². The Labute approximate surface area is 122 Å². The van der Waals surface area contributed by atoms with E-state index in [1.165, 1.54) is 0 Å². The lowest BCUT2D eigenvalue weighted by Gasteiger charge is -2.16. The van der Waals surface area contributed by atoms with Crippen LogP contribution in [0.15, 0.2) is 22.9 Å². The first-order valence-electron chi connectivity index (χ1n) is 5.74. The van der Waals surface area contributed by atoms with Crippen molar-refractivity contribution < 1.29 is 18.6 Å². The number of halogens is 3. The average molecular weight is 318 g/mol. The molecule has 6 nitrogen and oxygen atoms in total. The van der Waals surface area contributed by atoms with E-state index in [0.717, 1.165) is 10.8 Å². The lowest BCUT2D eigenvalue weighted by Crippen LogP contribution is -2.31. The van der Waals surface area contributed by atoms with Gasteiger partial charge in [-0.1, -0.05) is 0 Å². The summed E-state index contributed by atoms with van der Waals surface area (Å²) in [6.07, 6.45) is -3.47. The van der Waals surface area contributed by atoms with E-state index in [4.69, 9.17) is 27.2 Å². The van der Waals surface area contributed by atoms with Gasteiger partial charge in [-0.05, 0) is 17.5 Å². The zero-order chi connectivity index (χ0) is 15.6. The molecule has 9 heteroatoms. The Morgan fingerprint density at radius 3 is 2.90 bits per heavy atom. The van der Waals surface area contributed by atoms with Gasteiger partial charge in [0, 0.05) is 17.1 Å². The number of aromatic nitrogens is 2. The molecule has 0 saturated carbocycles. The van der Waals surface area contributed by atoms with Gasteiger partial charge in [0.25, 0.3) is 0 Å². The van der Waals surface area contributed by atoms with Gasteiger partial charge in [-0.3, -0.25) is 4.57 Å². The third-order valence-electron chi connectivity index (χ3n) is 2.97. The topological polar surface area (TPSA) is 90.4 Å². The largest absolute Gasteiger partial charge is 0.393 e. The van der Waals surface area contributed by atoms with E-state index in [1.807, 2.05) is 0 Å². The molecule has 0 amide bonds. The van der Waals surface area contributed by atoms with Crippen LogP contribution >= 0.6 is 11.6 Å². The van der Waals surface area contributed by atoms with Crippen LogP contribution in [-0.4, -0.2) is 33.5 Å². The summed E-state index contributed by atoms with van der Waals surface area (Å²) in [5.74, 6) is 2.22. The summed E-state index contributed by atoms with van der Waals surface area (Å²) in [6, 6.07) is 0. The Balaban J connectivity index is 2.49. The maximum absolute atomic E-state index is 14.1. The standard InChI is InChI=1S/C12H10ClF2N3O3/c13-2-1-6-4-18(12(20)17-10(6)16)11-9(15)7(3-14)8(5-19)21-11/h3-4,8-9,11,19H,5H2,(H2,16,17,20)/b7-3-. The Bertz CT molecular complexity index is 695. The molecular weight excluding hydrogens is 308 g/mol. The van der Waals surface area contributed by atoms with Crippen LogP contribution in [0.4, 0.5) is 14.6 Å². The fourth-order valence-corrected chi connectivity index (χ4v) is 2.06. The molecule has 1 aliphatic heterocycles. The number of nitrogen functional groups attached to an aromatic ring is 1. The fraction of sp³-hybridized carbons (Fsp3) is 0.333. The monoisotopic (exact) mass is 317 g/mol. The highest BCUT2D eigenvalue weighted by Crippen LogP contribution is 2.35. The molecule has 112 valence electrons. The lowest BCUT2D eigenvalue weighted by atomic mass is 10.1. The van der Waals surface area contributed by atoms with Crippen LogP contribution in [0.5, 0.6) is 0 Å². The van der Waals surface area contributed by atoms with Crippen molar-refractivity contribution in [2.45, 2.75) is 18.5 Å². The highest BCUT2D eigenvalue weighted by atomic mass is 35.5. The highest BCUT2D eigenvalue weighted by Gasteiger charge is 2.42. The first-order valence-corrected chi connectivity index (χ1v) is 6.12. The molecule has 0 aromatic carbocycles. The molecule has 1 aliphatic rings. The molecule has 2 rings (SSSR count). The molecule has 0 spiro atoms. The van der Waals surface area contributed by atoms with E-state index in [9.17, 15) is 13.6 Å². The highest BCUT2D eigenvalue weighted by molar-refractivity contribution is 6.30. The van der Waals surface area contributed by atoms with E-state index < -0.39 is 36.4 Å². The van der Waals surface area contributed by atoms with E-state index in [0.29, 0.717) is 0 Å². The van der Waals surface area contributed by atoms with Gasteiger partial charge >= 0.3 is 5.69 Å². The summed E-state index contributed by atoms with van der Waals surface area (Å²) in [6.45, 7) is -0.627. The summed E-state index contributed by atoms with van der Waals surface area (Å²) in [5.41, 5.74) is 4.30. The number of rotatable bonds is 2. The molecule has 21 heavy (non-hydrogen) atoms. The summed E-state index contributed by atoms with van der Waals surface area (Å²) >= 11 is 5.25. The van der Waals surface area contributed by atoms with Crippen LogP contribution in [0.3, 0.4) is 0 Å². The lowest BCUT2D eigenvalue weighted by molar-refractivity contribution is -0.0375. The predicted molar refractivity (Wildman–Crippen MR) is 70.7 cm³/mol. The van der Waals surface area contributed by atoms with Crippen LogP contribution in [-0.2, 0) is 4.74 Å². The second-order valence-corrected chi connectivity index (χ2v) is 4.35. The number of ether oxygens (including phenoxy) is 1. The Morgan fingerprint density at radius 1 is 1.67 bits per heavy atom. The van der Waals surface area contributed by atoms with Crippen molar-refractivity contribution in [1.82, 2.24) is 9.55 Å². The molecule has 1 fully saturated rings. The van der Waals surface area contributed by atoms with Crippen molar-refractivity contribution in [3.05, 3.63) is 34.1 Å². The van der Waals surface area contributed by atoms with E-state index in [1.54, 1.807) is 0 Å². The van der Waals surface area contributed by atoms with Gasteiger partial charge in [-0.25, -0.2) is 13.6 Å². The van der Waals surface area contributed by atoms with Gasteiger partial charge in [0.15, 0.2) is 12.4 Å². The number of anilines is 1. The van der Waals surface area contributed by atoms with Gasteiger partial charge in [0.05, 0.1) is 18.5 Å². The van der Waals surface area contributed by atoms with E-state index in [-0.39, 0.29) is 17.7 Å². The Hall–Kier alpha value is -1.95. The van der Waals surface area contributed by atoms with E-state index >= 15 is 0 Å². The molecule has 1 aromatic rings. The number of aliphatic hydroxyl groups is 1. The van der Waals surface area contributed by atoms with Crippen molar-refractivity contribution in [2.75, 3.05) is 12.3 Å². The van der Waals surface area contributed by atoms with Crippen LogP contribution in [0.1, 0.15) is 11.8 Å². The van der Waals surface area contributed by atoms with Crippen LogP contribution in [0.25, 0.3) is 0 Å². The number of hydrogen-bond donors (Lipinski definition) is 2. The first-order chi connectivity index (χ1) is 10.0. The summed E-state index contributed by atoms with van der Waals surface area (Å²) in [5, 5.41) is 11.1. The molecule has 0 radical (unpaired) electrons. The van der Waals surface area contributed by atoms with Gasteiger partial charge in [0.1, 0.15) is 11.9 Å². The quantitative estimate of drug-likeness (QED) is 0.773. The first kappa shape index (κ1) is 15.4. The Kier molecular flexibility index (Phi) is 4.57. The van der Waals surface area contributed by atoms with Crippen LogP contribution in [0, 0.1) is 11.3 Å². The molecule has 3 unspecified atom stereocenters. The minimum Gasteiger partial charge on any atom is -0.393 e. The SMILES string of the molecule is Nc1nc(=O)n(C2OC(CO)/C(=C/F)C2F)cc1C#CCl. The normalized spacial score (nSPS) is 26.7. The zero-order valence-corrected chi connectivity index (χ0v) is 11.2. The second kappa shape index (κ2) is 6.22. The van der Waals surface area contributed by atoms with E-state index in [2.05, 4.69) is 16.3 Å². The molecule has 3 N–H and O–H groups in total. The summed E-state index contributed by atoms with van der Waals surface area (Å²) in [7, 11) is 0. The number of nitrogens with zero attached hydrogens (tertiary/aromatic N) is 2. The maximum atomic E-state index is 14.1. The molecule has 0 bridgehead atoms. The minimum absolute atomic E-state index is 0.0147. The third-order valence-corrected chi connectivity index (χ3v) is 3.07. The molecule has 2 heterocycles. The molecular formula is C12H10ClF2N3O3. The molecule has 1 aromatic heterocycles. The van der Waals surface area contributed by atoms with Crippen molar-refractivity contribution >= 4 is 17.4 Å². The molecule has 3 atom stereocenters. The van der Waals surface area contributed by atoms with Crippen LogP contribution < -0.4 is 11.4 Å². The smallest absolute Gasteiger partial charge is 0.351 e. The number of alkyl halides is 1. The van der Waals surface area contributed by atoms with Crippen molar-refractivity contribution in [3.63, 3.8) is 0 Å². The second-order valence-electron chi connectivity index (χ2n) is 4.16. The predicted octanol–water partition coefficient (Wildman–Crippen LogP) is 0.455. The summed E-state index contributed by atoms with van der Waals surface area (Å²) < 4.78 is 32.8. The fourth-order valence-electron chi connectivity index (χ4n) is 1.95. The molecule has 1 saturated heterocycles. The Morgan fingerprint density at radius 2 is 2.38 bits per heavy atom. The van der Waals surface area contributed by atoms with Gasteiger partial charge < -0.3 is 15.6 Å². The maximum Gasteiger partial charge on any atom is 0.351 e. The van der Waals surface area contributed by atoms with Crippen LogP contribution in [0.2, 0.25) is 0 Å². The van der Waals surface area contributed by atoms with Crippen molar-refractivity contribution in [1.29, 1.82) is 0 Å². The van der Waals surface area contributed by atoms with Gasteiger partial charge in [0.2, 0.25) is 0 Å². The summed E-state index contributed by atoms with van der Waals surface area (Å²) in [4.78, 5) is 15.3. The van der Waals surface area contributed by atoms with Crippen molar-refractivity contribution in [2.24, 2.45) is 0 Å². The number of hydrogen-bond acceptors (Lipinski definition) is 5. The zero-order valence-electron chi connectivity index (χ0n) is 10.5. The average Bonchev–Trinajstić information content (AvgIpc) is 2.78.